The first kappa shape index (κ1) is 24.6. The highest BCUT2D eigenvalue weighted by atomic mass is 19.4. The van der Waals surface area contributed by atoms with Crippen LogP contribution >= 0.6 is 0 Å². The van der Waals surface area contributed by atoms with E-state index in [0.29, 0.717) is 36.0 Å². The molecule has 1 aliphatic heterocycles. The van der Waals surface area contributed by atoms with E-state index in [0.717, 1.165) is 23.3 Å². The van der Waals surface area contributed by atoms with Crippen molar-refractivity contribution < 1.29 is 27.4 Å². The third-order valence-electron chi connectivity index (χ3n) is 6.03. The predicted octanol–water partition coefficient (Wildman–Crippen LogP) is 6.93. The summed E-state index contributed by atoms with van der Waals surface area (Å²) in [6.45, 7) is 7.23. The van der Waals surface area contributed by atoms with Gasteiger partial charge >= 0.3 is 6.18 Å². The Morgan fingerprint density at radius 2 is 1.37 bits per heavy atom. The predicted molar refractivity (Wildman–Crippen MR) is 129 cm³/mol. The minimum atomic E-state index is -4.42. The van der Waals surface area contributed by atoms with Gasteiger partial charge in [0, 0.05) is 24.1 Å². The molecule has 4 nitrogen and oxygen atoms in total. The first-order valence-electron chi connectivity index (χ1n) is 11.5. The fourth-order valence-electron chi connectivity index (χ4n) is 4.07. The number of fused-ring (bicyclic) bond motifs is 1. The maximum Gasteiger partial charge on any atom is 0.416 e. The molecule has 1 heterocycles. The molecular formula is C28H28F3NO3. The van der Waals surface area contributed by atoms with Gasteiger partial charge in [-0.05, 0) is 46.4 Å². The van der Waals surface area contributed by atoms with Crippen molar-refractivity contribution in [2.75, 3.05) is 18.5 Å². The number of nitrogens with one attached hydrogen (secondary N) is 1. The summed E-state index contributed by atoms with van der Waals surface area (Å²) in [5, 5.41) is 2.88. The molecule has 0 bridgehead atoms. The van der Waals surface area contributed by atoms with Crippen LogP contribution in [0.2, 0.25) is 0 Å². The number of carbonyl (C=O) groups is 1. The monoisotopic (exact) mass is 483 g/mol. The van der Waals surface area contributed by atoms with Gasteiger partial charge in [-0.25, -0.2) is 0 Å². The van der Waals surface area contributed by atoms with E-state index < -0.39 is 17.7 Å². The van der Waals surface area contributed by atoms with Crippen LogP contribution in [0.15, 0.2) is 66.7 Å². The molecular weight excluding hydrogens is 455 g/mol. The fourth-order valence-corrected chi connectivity index (χ4v) is 4.07. The smallest absolute Gasteiger partial charge is 0.416 e. The highest BCUT2D eigenvalue weighted by Gasteiger charge is 2.30. The van der Waals surface area contributed by atoms with Gasteiger partial charge < -0.3 is 14.8 Å². The number of amides is 1. The van der Waals surface area contributed by atoms with Crippen LogP contribution in [0.4, 0.5) is 18.9 Å². The summed E-state index contributed by atoms with van der Waals surface area (Å²) in [6.07, 6.45) is -4.35. The molecule has 1 N–H and O–H groups in total. The summed E-state index contributed by atoms with van der Waals surface area (Å²) < 4.78 is 50.4. The largest absolute Gasteiger partial charge is 0.486 e. The summed E-state index contributed by atoms with van der Waals surface area (Å²) in [5.74, 6) is 0.511. The summed E-state index contributed by atoms with van der Waals surface area (Å²) >= 11 is 0. The van der Waals surface area contributed by atoms with Gasteiger partial charge in [0.05, 0.1) is 5.56 Å². The van der Waals surface area contributed by atoms with Gasteiger partial charge in [0.25, 0.3) is 0 Å². The molecule has 35 heavy (non-hydrogen) atoms. The number of carbonyl (C=O) groups excluding carboxylic acids is 1. The van der Waals surface area contributed by atoms with Crippen molar-refractivity contribution in [3.8, 4) is 11.5 Å². The third-order valence-corrected chi connectivity index (χ3v) is 6.03. The van der Waals surface area contributed by atoms with Gasteiger partial charge in [-0.1, -0.05) is 57.2 Å². The molecule has 7 heteroatoms. The van der Waals surface area contributed by atoms with E-state index in [4.69, 9.17) is 9.47 Å². The highest BCUT2D eigenvalue weighted by molar-refractivity contribution is 5.92. The van der Waals surface area contributed by atoms with Crippen LogP contribution in [-0.2, 0) is 16.4 Å². The normalized spacial score (nSPS) is 14.3. The van der Waals surface area contributed by atoms with Crippen molar-refractivity contribution in [2.24, 2.45) is 0 Å². The lowest BCUT2D eigenvalue weighted by Gasteiger charge is -2.22. The van der Waals surface area contributed by atoms with Gasteiger partial charge in [-0.2, -0.15) is 13.2 Å². The zero-order chi connectivity index (χ0) is 25.2. The summed E-state index contributed by atoms with van der Waals surface area (Å²) in [6, 6.07) is 18.1. The van der Waals surface area contributed by atoms with Crippen LogP contribution < -0.4 is 14.8 Å². The Kier molecular flexibility index (Phi) is 6.79. The van der Waals surface area contributed by atoms with E-state index >= 15 is 0 Å². The Labute approximate surface area is 203 Å². The lowest BCUT2D eigenvalue weighted by atomic mass is 9.83. The Bertz CT molecular complexity index is 1120. The maximum atomic E-state index is 13.1. The van der Waals surface area contributed by atoms with Crippen molar-refractivity contribution in [3.63, 3.8) is 0 Å². The minimum absolute atomic E-state index is 0.0437. The molecule has 0 aromatic heterocycles. The second kappa shape index (κ2) is 9.64. The Morgan fingerprint density at radius 1 is 0.829 bits per heavy atom. The van der Waals surface area contributed by atoms with E-state index in [1.165, 1.54) is 12.1 Å². The molecule has 3 aromatic rings. The van der Waals surface area contributed by atoms with Gasteiger partial charge in [0.1, 0.15) is 13.2 Å². The lowest BCUT2D eigenvalue weighted by molar-refractivity contribution is -0.137. The van der Waals surface area contributed by atoms with E-state index in [2.05, 4.69) is 26.1 Å². The number of anilines is 1. The second-order valence-electron chi connectivity index (χ2n) is 9.66. The minimum Gasteiger partial charge on any atom is -0.486 e. The van der Waals surface area contributed by atoms with Crippen molar-refractivity contribution in [1.82, 2.24) is 0 Å². The van der Waals surface area contributed by atoms with Gasteiger partial charge in [0.2, 0.25) is 5.91 Å². The number of ether oxygens (including phenoxy) is 2. The van der Waals surface area contributed by atoms with E-state index in [1.54, 1.807) is 18.2 Å². The number of alkyl halides is 3. The third kappa shape index (κ3) is 5.96. The van der Waals surface area contributed by atoms with Gasteiger partial charge in [0.15, 0.2) is 11.5 Å². The van der Waals surface area contributed by atoms with Crippen LogP contribution in [0, 0.1) is 0 Å². The van der Waals surface area contributed by atoms with Crippen LogP contribution in [0.25, 0.3) is 0 Å². The molecule has 184 valence electrons. The molecule has 4 rings (SSSR count). The van der Waals surface area contributed by atoms with E-state index in [-0.39, 0.29) is 17.7 Å². The van der Waals surface area contributed by atoms with Crippen LogP contribution in [0.5, 0.6) is 11.5 Å². The van der Waals surface area contributed by atoms with Crippen LogP contribution in [0.3, 0.4) is 0 Å². The number of hydrogen-bond donors (Lipinski definition) is 1. The summed E-state index contributed by atoms with van der Waals surface area (Å²) in [5.41, 5.74) is 2.43. The van der Waals surface area contributed by atoms with Gasteiger partial charge in [-0.15, -0.1) is 0 Å². The average molecular weight is 484 g/mol. The first-order chi connectivity index (χ1) is 16.5. The first-order valence-corrected chi connectivity index (χ1v) is 11.5. The maximum absolute atomic E-state index is 13.1. The summed E-state index contributed by atoms with van der Waals surface area (Å²) in [7, 11) is 0. The number of hydrogen-bond acceptors (Lipinski definition) is 3. The van der Waals surface area contributed by atoms with Crippen molar-refractivity contribution in [2.45, 2.75) is 44.7 Å². The molecule has 3 aromatic carbocycles. The number of halogens is 3. The van der Waals surface area contributed by atoms with Crippen molar-refractivity contribution in [1.29, 1.82) is 0 Å². The van der Waals surface area contributed by atoms with Crippen LogP contribution in [0.1, 0.15) is 55.4 Å². The quantitative estimate of drug-likeness (QED) is 0.428. The lowest BCUT2D eigenvalue weighted by Crippen LogP contribution is -2.18. The summed E-state index contributed by atoms with van der Waals surface area (Å²) in [4.78, 5) is 13.0. The fraction of sp³-hybridized carbons (Fsp3) is 0.321. The second-order valence-corrected chi connectivity index (χ2v) is 9.66. The van der Waals surface area contributed by atoms with E-state index in [9.17, 15) is 18.0 Å². The Morgan fingerprint density at radius 3 is 1.91 bits per heavy atom. The van der Waals surface area contributed by atoms with Gasteiger partial charge in [-0.3, -0.25) is 4.79 Å². The highest BCUT2D eigenvalue weighted by Crippen LogP contribution is 2.35. The van der Waals surface area contributed by atoms with Crippen molar-refractivity contribution >= 4 is 11.6 Å². The SMILES string of the molecule is CC(C)(C)c1ccc(C(CC(=O)Nc2ccc3c(c2)OCCO3)c2ccc(C(F)(F)F)cc2)cc1. The molecule has 1 aliphatic rings. The average Bonchev–Trinajstić information content (AvgIpc) is 2.81. The number of rotatable bonds is 5. The molecule has 0 saturated carbocycles. The number of benzene rings is 3. The molecule has 0 radical (unpaired) electrons. The topological polar surface area (TPSA) is 47.6 Å². The molecule has 0 fully saturated rings. The van der Waals surface area contributed by atoms with Crippen LogP contribution in [-0.4, -0.2) is 19.1 Å². The zero-order valence-electron chi connectivity index (χ0n) is 19.9. The van der Waals surface area contributed by atoms with Crippen molar-refractivity contribution in [3.05, 3.63) is 89.0 Å². The molecule has 1 amide bonds. The standard InChI is InChI=1S/C28H28F3NO3/c1-27(2,3)20-8-4-18(5-9-20)23(19-6-10-21(11-7-19)28(29,30)31)17-26(33)32-22-12-13-24-25(16-22)35-15-14-34-24/h4-13,16,23H,14-15,17H2,1-3H3,(H,32,33). The molecule has 1 atom stereocenters. The Balaban J connectivity index is 1.59. The molecule has 0 spiro atoms. The molecule has 1 unspecified atom stereocenters. The zero-order valence-corrected chi connectivity index (χ0v) is 19.9. The molecule has 0 saturated heterocycles. The Hall–Kier alpha value is -3.48. The van der Waals surface area contributed by atoms with E-state index in [1.807, 2.05) is 24.3 Å². The molecule has 0 aliphatic carbocycles.